The smallest absolute Gasteiger partial charge is 0.0731 e. The maximum absolute atomic E-state index is 4.65. The Labute approximate surface area is 129 Å². The fraction of sp³-hybridized carbons (Fsp3) is 0.632. The van der Waals surface area contributed by atoms with E-state index in [-0.39, 0.29) is 0 Å². The van der Waals surface area contributed by atoms with E-state index in [0.29, 0.717) is 5.92 Å². The second-order valence-corrected chi connectivity index (χ2v) is 6.20. The molecule has 0 saturated heterocycles. The Hall–Kier alpha value is -1.31. The largest absolute Gasteiger partial charge is 0.278 e. The van der Waals surface area contributed by atoms with Crippen molar-refractivity contribution in [2.75, 3.05) is 0 Å². The minimum Gasteiger partial charge on any atom is -0.278 e. The molecule has 1 aromatic heterocycles. The van der Waals surface area contributed by atoms with Crippen LogP contribution in [0.1, 0.15) is 83.2 Å². The second-order valence-electron chi connectivity index (χ2n) is 6.20. The highest BCUT2D eigenvalue weighted by molar-refractivity contribution is 5.81. The highest BCUT2D eigenvalue weighted by Gasteiger charge is 2.17. The van der Waals surface area contributed by atoms with E-state index in [1.165, 1.54) is 74.4 Å². The van der Waals surface area contributed by atoms with Gasteiger partial charge in [0, 0.05) is 11.3 Å². The van der Waals surface area contributed by atoms with Gasteiger partial charge in [-0.25, -0.2) is 0 Å². The molecule has 2 rings (SSSR count). The average Bonchev–Trinajstić information content (AvgIpc) is 2.94. The molecule has 0 aliphatic heterocycles. The van der Waals surface area contributed by atoms with E-state index in [0.717, 1.165) is 0 Å². The van der Waals surface area contributed by atoms with Crippen LogP contribution in [0.4, 0.5) is 0 Å². The van der Waals surface area contributed by atoms with Crippen molar-refractivity contribution in [2.24, 2.45) is 0 Å². The van der Waals surface area contributed by atoms with Gasteiger partial charge in [-0.15, -0.1) is 0 Å². The summed E-state index contributed by atoms with van der Waals surface area (Å²) in [6.45, 7) is 4.56. The second kappa shape index (κ2) is 8.86. The zero-order valence-electron chi connectivity index (χ0n) is 13.7. The standard InChI is InChI=1S/C19H30N2/c1-3-5-7-9-13-16(12-8-6-4-2)19-17-14-10-11-15-18(17)20-21-19/h10-11,14-16H,3-9,12-13H2,1-2H3,(H,20,21). The Morgan fingerprint density at radius 2 is 1.57 bits per heavy atom. The lowest BCUT2D eigenvalue weighted by Crippen LogP contribution is -2.01. The number of aromatic nitrogens is 2. The number of nitrogens with one attached hydrogen (secondary N) is 1. The molecule has 0 aliphatic carbocycles. The van der Waals surface area contributed by atoms with Gasteiger partial charge < -0.3 is 0 Å². The van der Waals surface area contributed by atoms with E-state index in [4.69, 9.17) is 0 Å². The Balaban J connectivity index is 2.05. The summed E-state index contributed by atoms with van der Waals surface area (Å²) < 4.78 is 0. The summed E-state index contributed by atoms with van der Waals surface area (Å²) in [6, 6.07) is 8.55. The van der Waals surface area contributed by atoms with Crippen molar-refractivity contribution in [3.63, 3.8) is 0 Å². The SMILES string of the molecule is CCCCCCC(CCCCC)c1n[nH]c2ccccc12. The first-order chi connectivity index (χ1) is 10.4. The molecule has 1 aromatic carbocycles. The van der Waals surface area contributed by atoms with Crippen LogP contribution in [0.5, 0.6) is 0 Å². The van der Waals surface area contributed by atoms with Crippen molar-refractivity contribution >= 4 is 10.9 Å². The molecule has 0 radical (unpaired) electrons. The fourth-order valence-electron chi connectivity index (χ4n) is 3.17. The molecule has 1 heterocycles. The quantitative estimate of drug-likeness (QED) is 0.518. The molecule has 116 valence electrons. The first-order valence-corrected chi connectivity index (χ1v) is 8.79. The molecule has 0 saturated carbocycles. The lowest BCUT2D eigenvalue weighted by molar-refractivity contribution is 0.494. The van der Waals surface area contributed by atoms with Gasteiger partial charge in [-0.3, -0.25) is 5.10 Å². The molecule has 0 fully saturated rings. The first kappa shape index (κ1) is 16.1. The van der Waals surface area contributed by atoms with E-state index in [2.05, 4.69) is 48.3 Å². The first-order valence-electron chi connectivity index (χ1n) is 8.79. The summed E-state index contributed by atoms with van der Waals surface area (Å²) in [5, 5.41) is 9.19. The number of aromatic amines is 1. The van der Waals surface area contributed by atoms with Gasteiger partial charge in [0.25, 0.3) is 0 Å². The van der Waals surface area contributed by atoms with Gasteiger partial charge in [-0.05, 0) is 18.9 Å². The van der Waals surface area contributed by atoms with E-state index in [9.17, 15) is 0 Å². The van der Waals surface area contributed by atoms with Crippen molar-refractivity contribution in [1.29, 1.82) is 0 Å². The lowest BCUT2D eigenvalue weighted by Gasteiger charge is -2.15. The summed E-state index contributed by atoms with van der Waals surface area (Å²) in [7, 11) is 0. The van der Waals surface area contributed by atoms with Crippen molar-refractivity contribution in [3.05, 3.63) is 30.0 Å². The van der Waals surface area contributed by atoms with Crippen LogP contribution in [0.2, 0.25) is 0 Å². The van der Waals surface area contributed by atoms with Crippen LogP contribution in [-0.4, -0.2) is 10.2 Å². The molecule has 0 amide bonds. The van der Waals surface area contributed by atoms with Crippen LogP contribution in [0.15, 0.2) is 24.3 Å². The third-order valence-corrected chi connectivity index (χ3v) is 4.45. The van der Waals surface area contributed by atoms with Gasteiger partial charge >= 0.3 is 0 Å². The molecule has 1 unspecified atom stereocenters. The topological polar surface area (TPSA) is 28.7 Å². The highest BCUT2D eigenvalue weighted by atomic mass is 15.1. The summed E-state index contributed by atoms with van der Waals surface area (Å²) in [6.07, 6.45) is 11.9. The molecular weight excluding hydrogens is 256 g/mol. The van der Waals surface area contributed by atoms with Crippen LogP contribution >= 0.6 is 0 Å². The van der Waals surface area contributed by atoms with Gasteiger partial charge in [0.1, 0.15) is 0 Å². The van der Waals surface area contributed by atoms with E-state index < -0.39 is 0 Å². The molecule has 0 bridgehead atoms. The number of nitrogens with zero attached hydrogens (tertiary/aromatic N) is 1. The summed E-state index contributed by atoms with van der Waals surface area (Å²) in [5.41, 5.74) is 2.49. The third-order valence-electron chi connectivity index (χ3n) is 4.45. The lowest BCUT2D eigenvalue weighted by atomic mass is 9.90. The number of unbranched alkanes of at least 4 members (excludes halogenated alkanes) is 5. The van der Waals surface area contributed by atoms with Crippen LogP contribution in [0.3, 0.4) is 0 Å². The normalized spacial score (nSPS) is 12.9. The minimum absolute atomic E-state index is 0.629. The van der Waals surface area contributed by atoms with Gasteiger partial charge in [0.2, 0.25) is 0 Å². The Morgan fingerprint density at radius 1 is 0.905 bits per heavy atom. The van der Waals surface area contributed by atoms with Gasteiger partial charge in [0.15, 0.2) is 0 Å². The van der Waals surface area contributed by atoms with Crippen molar-refractivity contribution in [1.82, 2.24) is 10.2 Å². The van der Waals surface area contributed by atoms with Gasteiger partial charge in [-0.2, -0.15) is 5.10 Å². The Bertz CT molecular complexity index is 515. The number of fused-ring (bicyclic) bond motifs is 1. The zero-order valence-corrected chi connectivity index (χ0v) is 13.7. The Kier molecular flexibility index (Phi) is 6.78. The number of para-hydroxylation sites is 1. The molecule has 2 heteroatoms. The molecule has 2 aromatic rings. The minimum atomic E-state index is 0.629. The fourth-order valence-corrected chi connectivity index (χ4v) is 3.17. The third kappa shape index (κ3) is 4.59. The molecule has 2 nitrogen and oxygen atoms in total. The molecule has 0 aliphatic rings. The van der Waals surface area contributed by atoms with Crippen LogP contribution in [-0.2, 0) is 0 Å². The predicted octanol–water partition coefficient (Wildman–Crippen LogP) is 6.20. The number of benzene rings is 1. The molecule has 21 heavy (non-hydrogen) atoms. The molecule has 1 atom stereocenters. The number of hydrogen-bond donors (Lipinski definition) is 1. The van der Waals surface area contributed by atoms with Crippen LogP contribution < -0.4 is 0 Å². The van der Waals surface area contributed by atoms with Crippen molar-refractivity contribution < 1.29 is 0 Å². The Morgan fingerprint density at radius 3 is 2.33 bits per heavy atom. The zero-order chi connectivity index (χ0) is 14.9. The monoisotopic (exact) mass is 286 g/mol. The molecule has 0 spiro atoms. The van der Waals surface area contributed by atoms with E-state index >= 15 is 0 Å². The van der Waals surface area contributed by atoms with Crippen molar-refractivity contribution in [3.8, 4) is 0 Å². The molecule has 1 N–H and O–H groups in total. The highest BCUT2D eigenvalue weighted by Crippen LogP contribution is 2.31. The number of rotatable bonds is 10. The number of hydrogen-bond acceptors (Lipinski definition) is 1. The van der Waals surface area contributed by atoms with E-state index in [1.54, 1.807) is 0 Å². The van der Waals surface area contributed by atoms with Gasteiger partial charge in [0.05, 0.1) is 11.2 Å². The summed E-state index contributed by atoms with van der Waals surface area (Å²) >= 11 is 0. The predicted molar refractivity (Wildman–Crippen MR) is 91.7 cm³/mol. The van der Waals surface area contributed by atoms with Gasteiger partial charge in [-0.1, -0.05) is 77.0 Å². The average molecular weight is 286 g/mol. The molecular formula is C19H30N2. The summed E-state index contributed by atoms with van der Waals surface area (Å²) in [5.74, 6) is 0.629. The summed E-state index contributed by atoms with van der Waals surface area (Å²) in [4.78, 5) is 0. The number of H-pyrrole nitrogens is 1. The van der Waals surface area contributed by atoms with Crippen LogP contribution in [0, 0.1) is 0 Å². The maximum Gasteiger partial charge on any atom is 0.0731 e. The maximum atomic E-state index is 4.65. The van der Waals surface area contributed by atoms with E-state index in [1.807, 2.05) is 0 Å². The van der Waals surface area contributed by atoms with Crippen LogP contribution in [0.25, 0.3) is 10.9 Å². The van der Waals surface area contributed by atoms with Crippen molar-refractivity contribution in [2.45, 2.75) is 77.6 Å².